The van der Waals surface area contributed by atoms with Crippen LogP contribution >= 0.6 is 0 Å². The Kier molecular flexibility index (Phi) is 2.86. The van der Waals surface area contributed by atoms with Crippen molar-refractivity contribution < 1.29 is 9.31 Å². The number of hydrogen-bond donors (Lipinski definition) is 1. The first-order valence-corrected chi connectivity index (χ1v) is 3.64. The smallest absolute Gasteiger partial charge is 0.275 e. The van der Waals surface area contributed by atoms with E-state index in [9.17, 15) is 14.5 Å². The van der Waals surface area contributed by atoms with Gasteiger partial charge in [-0.1, -0.05) is 0 Å². The van der Waals surface area contributed by atoms with Gasteiger partial charge in [0.1, 0.15) is 0 Å². The molecule has 5 nitrogen and oxygen atoms in total. The summed E-state index contributed by atoms with van der Waals surface area (Å²) in [5.74, 6) is -0.849. The Morgan fingerprint density at radius 2 is 2.31 bits per heavy atom. The topological polar surface area (TPSA) is 82.0 Å². The van der Waals surface area contributed by atoms with E-state index in [4.69, 9.17) is 5.73 Å². The molecule has 1 aromatic rings. The van der Waals surface area contributed by atoms with Gasteiger partial charge in [0.25, 0.3) is 5.69 Å². The molecule has 0 amide bonds. The molecule has 1 heterocycles. The van der Waals surface area contributed by atoms with E-state index in [1.807, 2.05) is 0 Å². The number of hydrogen-bond acceptors (Lipinski definition) is 4. The molecule has 6 heteroatoms. The summed E-state index contributed by atoms with van der Waals surface area (Å²) < 4.78 is 12.7. The highest BCUT2D eigenvalue weighted by molar-refractivity contribution is 5.30. The average Bonchev–Trinajstić information content (AvgIpc) is 2.03. The molecule has 0 aliphatic heterocycles. The fourth-order valence-electron chi connectivity index (χ4n) is 0.918. The zero-order valence-corrected chi connectivity index (χ0v) is 6.74. The molecule has 0 atom stereocenters. The molecule has 1 rings (SSSR count). The van der Waals surface area contributed by atoms with Crippen LogP contribution < -0.4 is 5.73 Å². The van der Waals surface area contributed by atoms with E-state index in [2.05, 4.69) is 4.98 Å². The van der Waals surface area contributed by atoms with Crippen molar-refractivity contribution in [1.82, 2.24) is 4.98 Å². The van der Waals surface area contributed by atoms with Crippen LogP contribution in [-0.2, 0) is 6.42 Å². The van der Waals surface area contributed by atoms with Gasteiger partial charge in [0, 0.05) is 12.5 Å². The highest BCUT2D eigenvalue weighted by Crippen LogP contribution is 2.13. The van der Waals surface area contributed by atoms with Gasteiger partial charge in [-0.15, -0.1) is 0 Å². The number of nitro groups is 1. The third kappa shape index (κ3) is 2.45. The normalized spacial score (nSPS) is 10.0. The summed E-state index contributed by atoms with van der Waals surface area (Å²) in [5.41, 5.74) is 5.21. The van der Waals surface area contributed by atoms with Crippen LogP contribution in [0.1, 0.15) is 5.69 Å². The average molecular weight is 185 g/mol. The van der Waals surface area contributed by atoms with E-state index < -0.39 is 10.9 Å². The first-order valence-electron chi connectivity index (χ1n) is 3.64. The van der Waals surface area contributed by atoms with E-state index in [1.54, 1.807) is 0 Å². The second kappa shape index (κ2) is 3.90. The summed E-state index contributed by atoms with van der Waals surface area (Å²) in [4.78, 5) is 13.1. The van der Waals surface area contributed by atoms with Gasteiger partial charge in [-0.2, -0.15) is 4.39 Å². The Hall–Kier alpha value is -1.56. The lowest BCUT2D eigenvalue weighted by Crippen LogP contribution is -2.06. The van der Waals surface area contributed by atoms with E-state index in [0.717, 1.165) is 6.07 Å². The third-order valence-corrected chi connectivity index (χ3v) is 1.44. The molecule has 70 valence electrons. The molecule has 2 N–H and O–H groups in total. The maximum Gasteiger partial charge on any atom is 0.275 e. The second-order valence-electron chi connectivity index (χ2n) is 2.44. The highest BCUT2D eigenvalue weighted by atomic mass is 19.1. The minimum absolute atomic E-state index is 0.285. The van der Waals surface area contributed by atoms with E-state index >= 15 is 0 Å². The lowest BCUT2D eigenvalue weighted by molar-refractivity contribution is -0.385. The second-order valence-corrected chi connectivity index (χ2v) is 2.44. The number of pyridine rings is 1. The Balaban J connectivity index is 3.03. The van der Waals surface area contributed by atoms with Gasteiger partial charge in [0.05, 0.1) is 16.7 Å². The quantitative estimate of drug-likeness (QED) is 0.425. The first kappa shape index (κ1) is 9.53. The molecule has 0 aliphatic carbocycles. The molecule has 0 aromatic carbocycles. The largest absolute Gasteiger partial charge is 0.330 e. The molecule has 1 aromatic heterocycles. The summed E-state index contributed by atoms with van der Waals surface area (Å²) in [6.07, 6.45) is 0.332. The highest BCUT2D eigenvalue weighted by Gasteiger charge is 2.10. The Bertz CT molecular complexity index is 330. The van der Waals surface area contributed by atoms with Gasteiger partial charge in [-0.05, 0) is 6.54 Å². The number of halogens is 1. The van der Waals surface area contributed by atoms with Crippen LogP contribution in [0.4, 0.5) is 10.1 Å². The molecule has 0 unspecified atom stereocenters. The van der Waals surface area contributed by atoms with Gasteiger partial charge in [-0.25, -0.2) is 4.98 Å². The minimum Gasteiger partial charge on any atom is -0.330 e. The zero-order chi connectivity index (χ0) is 9.84. The maximum absolute atomic E-state index is 12.7. The molecule has 0 radical (unpaired) electrons. The molecule has 0 spiro atoms. The van der Waals surface area contributed by atoms with Gasteiger partial charge >= 0.3 is 0 Å². The van der Waals surface area contributed by atoms with Gasteiger partial charge in [-0.3, -0.25) is 10.1 Å². The number of nitrogens with two attached hydrogens (primary N) is 1. The minimum atomic E-state index is -0.849. The van der Waals surface area contributed by atoms with Crippen LogP contribution in [0.25, 0.3) is 0 Å². The predicted molar refractivity (Wildman–Crippen MR) is 43.6 cm³/mol. The monoisotopic (exact) mass is 185 g/mol. The Morgan fingerprint density at radius 3 is 2.85 bits per heavy atom. The van der Waals surface area contributed by atoms with Crippen LogP contribution in [0.5, 0.6) is 0 Å². The van der Waals surface area contributed by atoms with Crippen molar-refractivity contribution >= 4 is 5.69 Å². The molecule has 0 fully saturated rings. The lowest BCUT2D eigenvalue weighted by Gasteiger charge is -1.97. The van der Waals surface area contributed by atoms with Crippen molar-refractivity contribution in [2.75, 3.05) is 6.54 Å². The molecule has 0 saturated carbocycles. The lowest BCUT2D eigenvalue weighted by atomic mass is 10.2. The van der Waals surface area contributed by atoms with E-state index in [1.165, 1.54) is 6.07 Å². The van der Waals surface area contributed by atoms with Gasteiger partial charge < -0.3 is 5.73 Å². The first-order chi connectivity index (χ1) is 6.13. The van der Waals surface area contributed by atoms with Crippen molar-refractivity contribution in [2.24, 2.45) is 5.73 Å². The Morgan fingerprint density at radius 1 is 1.62 bits per heavy atom. The summed E-state index contributed by atoms with van der Waals surface area (Å²) in [6, 6.07) is 2.00. The number of nitrogens with zero attached hydrogens (tertiary/aromatic N) is 2. The van der Waals surface area contributed by atoms with Crippen LogP contribution in [-0.4, -0.2) is 16.5 Å². The summed E-state index contributed by atoms with van der Waals surface area (Å²) in [5, 5.41) is 10.3. The predicted octanol–water partition coefficient (Wildman–Crippen LogP) is 0.630. The van der Waals surface area contributed by atoms with Crippen LogP contribution in [0.3, 0.4) is 0 Å². The Labute approximate surface area is 73.5 Å². The zero-order valence-electron chi connectivity index (χ0n) is 6.74. The number of rotatable bonds is 3. The molecular formula is C7H8FN3O2. The van der Waals surface area contributed by atoms with Crippen molar-refractivity contribution in [1.29, 1.82) is 0 Å². The van der Waals surface area contributed by atoms with Gasteiger partial charge in [0.15, 0.2) is 0 Å². The standard InChI is InChI=1S/C7H8FN3O2/c8-7-4-6(11(12)13)3-5(10-7)1-2-9/h3-4H,1-2,9H2. The fourth-order valence-corrected chi connectivity index (χ4v) is 0.918. The SMILES string of the molecule is NCCc1cc([N+](=O)[O-])cc(F)n1. The molecule has 0 bridgehead atoms. The van der Waals surface area contributed by atoms with Gasteiger partial charge in [0.2, 0.25) is 5.95 Å². The summed E-state index contributed by atoms with van der Waals surface area (Å²) in [6.45, 7) is 0.285. The van der Waals surface area contributed by atoms with Crippen molar-refractivity contribution in [3.8, 4) is 0 Å². The van der Waals surface area contributed by atoms with Crippen molar-refractivity contribution in [3.63, 3.8) is 0 Å². The molecule has 0 aliphatic rings. The van der Waals surface area contributed by atoms with Crippen molar-refractivity contribution in [3.05, 3.63) is 33.9 Å². The maximum atomic E-state index is 12.7. The number of aromatic nitrogens is 1. The summed E-state index contributed by atoms with van der Waals surface area (Å²) >= 11 is 0. The van der Waals surface area contributed by atoms with Crippen molar-refractivity contribution in [2.45, 2.75) is 6.42 Å². The molecular weight excluding hydrogens is 177 g/mol. The summed E-state index contributed by atoms with van der Waals surface area (Å²) in [7, 11) is 0. The van der Waals surface area contributed by atoms with Crippen LogP contribution in [0, 0.1) is 16.1 Å². The van der Waals surface area contributed by atoms with Crippen LogP contribution in [0.2, 0.25) is 0 Å². The fraction of sp³-hybridized carbons (Fsp3) is 0.286. The molecule has 13 heavy (non-hydrogen) atoms. The van der Waals surface area contributed by atoms with E-state index in [0.29, 0.717) is 12.1 Å². The van der Waals surface area contributed by atoms with Crippen LogP contribution in [0.15, 0.2) is 12.1 Å². The molecule has 0 saturated heterocycles. The van der Waals surface area contributed by atoms with E-state index in [-0.39, 0.29) is 12.2 Å². The third-order valence-electron chi connectivity index (χ3n) is 1.44.